The van der Waals surface area contributed by atoms with Crippen molar-refractivity contribution in [1.82, 2.24) is 23.8 Å². The van der Waals surface area contributed by atoms with Crippen LogP contribution in [0, 0.1) is 17.2 Å². The summed E-state index contributed by atoms with van der Waals surface area (Å²) >= 11 is 0.861. The van der Waals surface area contributed by atoms with Gasteiger partial charge in [0.15, 0.2) is 5.03 Å². The minimum absolute atomic E-state index is 0.0487. The molecule has 4 heterocycles. The number of piperidine rings is 1. The second-order valence-electron chi connectivity index (χ2n) is 9.74. The number of aromatic nitrogens is 4. The Bertz CT molecular complexity index is 1490. The molecule has 0 spiro atoms. The normalized spacial score (nSPS) is 19.3. The first kappa shape index (κ1) is 28.0. The van der Waals surface area contributed by atoms with Crippen LogP contribution in [0.1, 0.15) is 43.2 Å². The lowest BCUT2D eigenvalue weighted by atomic mass is 9.95. The van der Waals surface area contributed by atoms with Gasteiger partial charge in [-0.3, -0.25) is 0 Å². The summed E-state index contributed by atoms with van der Waals surface area (Å²) in [5.41, 5.74) is -2.84. The molecule has 1 aliphatic rings. The van der Waals surface area contributed by atoms with Crippen molar-refractivity contribution in [1.29, 1.82) is 5.26 Å². The fourth-order valence-corrected chi connectivity index (χ4v) is 6.89. The van der Waals surface area contributed by atoms with Gasteiger partial charge in [-0.15, -0.1) is 11.3 Å². The topological polar surface area (TPSA) is 137 Å². The van der Waals surface area contributed by atoms with Crippen LogP contribution in [0.5, 0.6) is 0 Å². The van der Waals surface area contributed by atoms with Gasteiger partial charge in [0.1, 0.15) is 11.6 Å². The molecule has 0 aromatic carbocycles. The number of anilines is 1. The average Bonchev–Trinajstić information content (AvgIpc) is 3.46. The molecule has 0 unspecified atom stereocenters. The largest absolute Gasteiger partial charge is 0.420 e. The Labute approximate surface area is 221 Å². The molecule has 1 saturated heterocycles. The molecule has 15 heteroatoms. The van der Waals surface area contributed by atoms with E-state index in [4.69, 9.17) is 0 Å². The Balaban J connectivity index is 1.60. The highest BCUT2D eigenvalue weighted by Gasteiger charge is 2.38. The van der Waals surface area contributed by atoms with Gasteiger partial charge in [0.25, 0.3) is 10.0 Å². The van der Waals surface area contributed by atoms with Crippen molar-refractivity contribution >= 4 is 27.3 Å². The third-order valence-electron chi connectivity index (χ3n) is 6.20. The summed E-state index contributed by atoms with van der Waals surface area (Å²) in [5.74, 6) is -0.270. The second kappa shape index (κ2) is 9.92. The molecule has 1 aliphatic heterocycles. The SMILES string of the molecule is C[C@@H]1CN(S(=O)(=O)c2cn(C)cn2)CC[C@@H]1Nc1ncc(C(F)(F)F)c(-c2cc(C#N)c(C(C)(C)O)s2)n1. The van der Waals surface area contributed by atoms with Crippen molar-refractivity contribution < 1.29 is 26.7 Å². The Kier molecular flexibility index (Phi) is 7.30. The fraction of sp³-hybridized carbons (Fsp3) is 0.478. The molecular weight excluding hydrogens is 543 g/mol. The van der Waals surface area contributed by atoms with Gasteiger partial charge in [0.2, 0.25) is 5.95 Å². The lowest BCUT2D eigenvalue weighted by Crippen LogP contribution is -2.47. The molecule has 0 radical (unpaired) electrons. The summed E-state index contributed by atoms with van der Waals surface area (Å²) in [6, 6.07) is 2.89. The molecule has 4 rings (SSSR count). The Morgan fingerprint density at radius 3 is 2.53 bits per heavy atom. The number of aliphatic hydroxyl groups is 1. The Hall–Kier alpha value is -3.06. The molecule has 204 valence electrons. The molecule has 0 saturated carbocycles. The maximum absolute atomic E-state index is 13.8. The van der Waals surface area contributed by atoms with E-state index in [0.29, 0.717) is 12.6 Å². The van der Waals surface area contributed by atoms with Crippen molar-refractivity contribution in [2.24, 2.45) is 13.0 Å². The van der Waals surface area contributed by atoms with Crippen LogP contribution in [0.2, 0.25) is 0 Å². The highest BCUT2D eigenvalue weighted by atomic mass is 32.2. The van der Waals surface area contributed by atoms with Crippen LogP contribution < -0.4 is 5.32 Å². The number of hydrogen-bond donors (Lipinski definition) is 2. The minimum atomic E-state index is -4.75. The zero-order valence-electron chi connectivity index (χ0n) is 21.0. The van der Waals surface area contributed by atoms with Gasteiger partial charge in [-0.05, 0) is 32.3 Å². The van der Waals surface area contributed by atoms with Gasteiger partial charge in [0, 0.05) is 38.6 Å². The Morgan fingerprint density at radius 1 is 1.29 bits per heavy atom. The first-order valence-corrected chi connectivity index (χ1v) is 13.8. The van der Waals surface area contributed by atoms with Crippen LogP contribution in [0.25, 0.3) is 10.6 Å². The van der Waals surface area contributed by atoms with Gasteiger partial charge in [0.05, 0.1) is 32.9 Å². The number of alkyl halides is 3. The number of nitrogens with one attached hydrogen (secondary N) is 1. The minimum Gasteiger partial charge on any atom is -0.385 e. The van der Waals surface area contributed by atoms with Crippen molar-refractivity contribution in [3.63, 3.8) is 0 Å². The number of rotatable bonds is 6. The van der Waals surface area contributed by atoms with Gasteiger partial charge in [-0.2, -0.15) is 22.7 Å². The summed E-state index contributed by atoms with van der Waals surface area (Å²) in [5, 5.41) is 22.8. The van der Waals surface area contributed by atoms with Gasteiger partial charge in [-0.1, -0.05) is 6.92 Å². The summed E-state index contributed by atoms with van der Waals surface area (Å²) in [7, 11) is -2.11. The number of hydrogen-bond acceptors (Lipinski definition) is 9. The lowest BCUT2D eigenvalue weighted by molar-refractivity contribution is -0.137. The lowest BCUT2D eigenvalue weighted by Gasteiger charge is -2.36. The predicted octanol–water partition coefficient (Wildman–Crippen LogP) is 3.57. The molecule has 38 heavy (non-hydrogen) atoms. The van der Waals surface area contributed by atoms with Gasteiger partial charge in [-0.25, -0.2) is 23.4 Å². The summed E-state index contributed by atoms with van der Waals surface area (Å²) in [6.07, 6.45) is -0.869. The van der Waals surface area contributed by atoms with E-state index in [-0.39, 0.29) is 51.3 Å². The quantitative estimate of drug-likeness (QED) is 0.460. The van der Waals surface area contributed by atoms with Gasteiger partial charge < -0.3 is 15.0 Å². The molecule has 1 fully saturated rings. The first-order chi connectivity index (χ1) is 17.6. The monoisotopic (exact) mass is 569 g/mol. The van der Waals surface area contributed by atoms with E-state index in [0.717, 1.165) is 11.3 Å². The van der Waals surface area contributed by atoms with Gasteiger partial charge >= 0.3 is 6.18 Å². The third-order valence-corrected chi connectivity index (χ3v) is 9.41. The molecule has 0 bridgehead atoms. The Morgan fingerprint density at radius 2 is 2.00 bits per heavy atom. The van der Waals surface area contributed by atoms with Crippen molar-refractivity contribution in [2.45, 2.75) is 50.0 Å². The van der Waals surface area contributed by atoms with Crippen molar-refractivity contribution in [3.05, 3.63) is 40.8 Å². The maximum Gasteiger partial charge on any atom is 0.420 e. The average molecular weight is 570 g/mol. The number of aryl methyl sites for hydroxylation is 1. The van der Waals surface area contributed by atoms with Crippen LogP contribution >= 0.6 is 11.3 Å². The van der Waals surface area contributed by atoms with E-state index in [9.17, 15) is 32.0 Å². The van der Waals surface area contributed by atoms with Crippen LogP contribution in [-0.4, -0.2) is 56.5 Å². The van der Waals surface area contributed by atoms with E-state index in [2.05, 4.69) is 20.3 Å². The van der Waals surface area contributed by atoms with Crippen LogP contribution in [0.3, 0.4) is 0 Å². The number of nitriles is 1. The van der Waals surface area contributed by atoms with Crippen LogP contribution in [0.15, 0.2) is 29.8 Å². The van der Waals surface area contributed by atoms with E-state index >= 15 is 0 Å². The molecule has 0 amide bonds. The predicted molar refractivity (Wildman–Crippen MR) is 133 cm³/mol. The molecule has 0 aliphatic carbocycles. The molecule has 3 aromatic rings. The summed E-state index contributed by atoms with van der Waals surface area (Å²) in [6.45, 7) is 5.08. The highest BCUT2D eigenvalue weighted by Crippen LogP contribution is 2.42. The molecule has 2 N–H and O–H groups in total. The molecule has 2 atom stereocenters. The number of imidazole rings is 1. The summed E-state index contributed by atoms with van der Waals surface area (Å²) in [4.78, 5) is 12.3. The third kappa shape index (κ3) is 5.53. The zero-order valence-corrected chi connectivity index (χ0v) is 22.6. The first-order valence-electron chi connectivity index (χ1n) is 11.6. The van der Waals surface area contributed by atoms with E-state index in [1.165, 1.54) is 36.7 Å². The molecule has 3 aromatic heterocycles. The standard InChI is InChI=1S/C23H26F3N7O3S2/c1-13-10-33(38(35,36)18-11-32(4)12-29-18)6-5-16(13)30-21-28-9-15(23(24,25)26)19(31-21)17-7-14(8-27)20(37-17)22(2,3)34/h7,9,11-13,16,34H,5-6,10H2,1-4H3,(H,28,30,31)/t13-,16+/m1/s1. The van der Waals surface area contributed by atoms with Crippen LogP contribution in [0.4, 0.5) is 19.1 Å². The summed E-state index contributed by atoms with van der Waals surface area (Å²) < 4.78 is 70.2. The van der Waals surface area contributed by atoms with Crippen LogP contribution in [-0.2, 0) is 28.8 Å². The zero-order chi connectivity index (χ0) is 28.0. The second-order valence-corrected chi connectivity index (χ2v) is 12.7. The maximum atomic E-state index is 13.8. The van der Waals surface area contributed by atoms with E-state index < -0.39 is 33.1 Å². The van der Waals surface area contributed by atoms with E-state index in [1.807, 2.05) is 13.0 Å². The van der Waals surface area contributed by atoms with Crippen molar-refractivity contribution in [3.8, 4) is 16.6 Å². The smallest absolute Gasteiger partial charge is 0.385 e. The molecule has 10 nitrogen and oxygen atoms in total. The number of halogens is 3. The number of sulfonamides is 1. The number of thiophene rings is 1. The highest BCUT2D eigenvalue weighted by molar-refractivity contribution is 7.89. The molecular formula is C23H26F3N7O3S2. The fourth-order valence-electron chi connectivity index (χ4n) is 4.25. The number of nitrogens with zero attached hydrogens (tertiary/aromatic N) is 6. The van der Waals surface area contributed by atoms with E-state index in [1.54, 1.807) is 11.6 Å². The van der Waals surface area contributed by atoms with Crippen molar-refractivity contribution in [2.75, 3.05) is 18.4 Å².